The van der Waals surface area contributed by atoms with Gasteiger partial charge in [0.1, 0.15) is 13.2 Å². The van der Waals surface area contributed by atoms with E-state index in [0.29, 0.717) is 47.5 Å². The number of benzene rings is 1. The first kappa shape index (κ1) is 20.4. The third-order valence-corrected chi connectivity index (χ3v) is 5.47. The zero-order chi connectivity index (χ0) is 18.6. The Morgan fingerprint density at radius 2 is 1.82 bits per heavy atom. The van der Waals surface area contributed by atoms with Crippen molar-refractivity contribution in [1.29, 1.82) is 0 Å². The van der Waals surface area contributed by atoms with Crippen LogP contribution < -0.4 is 25.4 Å². The Hall–Kier alpha value is -2.29. The Morgan fingerprint density at radius 3 is 2.43 bits per heavy atom. The van der Waals surface area contributed by atoms with Gasteiger partial charge >= 0.3 is 0 Å². The molecule has 1 aromatic heterocycles. The normalized spacial score (nSPS) is 17.9. The summed E-state index contributed by atoms with van der Waals surface area (Å²) in [4.78, 5) is 25.8. The number of rotatable bonds is 4. The number of piperidine rings is 1. The number of carbonyl (C=O) groups excluding carboxylic acids is 2. The van der Waals surface area contributed by atoms with Crippen molar-refractivity contribution in [2.45, 2.75) is 12.8 Å². The molecule has 2 aromatic rings. The number of anilines is 2. The van der Waals surface area contributed by atoms with Crippen molar-refractivity contribution in [2.24, 2.45) is 5.92 Å². The molecule has 2 amide bonds. The monoisotopic (exact) mass is 423 g/mol. The Morgan fingerprint density at radius 1 is 1.11 bits per heavy atom. The van der Waals surface area contributed by atoms with Gasteiger partial charge < -0.3 is 25.4 Å². The van der Waals surface area contributed by atoms with E-state index in [9.17, 15) is 9.59 Å². The van der Waals surface area contributed by atoms with E-state index in [-0.39, 0.29) is 30.1 Å². The van der Waals surface area contributed by atoms with Gasteiger partial charge in [0.05, 0.1) is 22.2 Å². The topological polar surface area (TPSA) is 88.7 Å². The van der Waals surface area contributed by atoms with Crippen LogP contribution in [0.4, 0.5) is 11.4 Å². The van der Waals surface area contributed by atoms with Crippen molar-refractivity contribution in [3.63, 3.8) is 0 Å². The number of thiophene rings is 1. The summed E-state index contributed by atoms with van der Waals surface area (Å²) in [6.45, 7) is 2.50. The molecule has 0 spiro atoms. The van der Waals surface area contributed by atoms with Crippen LogP contribution in [0.25, 0.3) is 0 Å². The lowest BCUT2D eigenvalue weighted by atomic mass is 9.98. The Bertz CT molecular complexity index is 838. The average molecular weight is 424 g/mol. The second-order valence-corrected chi connectivity index (χ2v) is 7.45. The van der Waals surface area contributed by atoms with E-state index in [2.05, 4.69) is 16.0 Å². The van der Waals surface area contributed by atoms with Crippen molar-refractivity contribution in [2.75, 3.05) is 36.9 Å². The van der Waals surface area contributed by atoms with Gasteiger partial charge in [-0.15, -0.1) is 23.7 Å². The van der Waals surface area contributed by atoms with Crippen LogP contribution >= 0.6 is 23.7 Å². The van der Waals surface area contributed by atoms with Crippen LogP contribution in [-0.2, 0) is 4.79 Å². The number of ether oxygens (including phenoxy) is 2. The fourth-order valence-corrected chi connectivity index (χ4v) is 3.82. The fourth-order valence-electron chi connectivity index (χ4n) is 3.20. The Labute approximate surface area is 173 Å². The van der Waals surface area contributed by atoms with Crippen molar-refractivity contribution in [1.82, 2.24) is 5.32 Å². The van der Waals surface area contributed by atoms with Gasteiger partial charge in [-0.25, -0.2) is 0 Å². The smallest absolute Gasteiger partial charge is 0.265 e. The number of nitrogens with one attached hydrogen (secondary N) is 3. The molecule has 0 aliphatic carbocycles. The first-order valence-electron chi connectivity index (χ1n) is 9.01. The summed E-state index contributed by atoms with van der Waals surface area (Å²) in [5, 5.41) is 10.9. The summed E-state index contributed by atoms with van der Waals surface area (Å²) in [7, 11) is 0. The first-order chi connectivity index (χ1) is 13.2. The molecule has 9 heteroatoms. The standard InChI is InChI=1S/C19H21N3O4S.ClH/c23-18(12-3-1-5-20-11-12)21-13-9-15-16(26-7-6-25-15)10-14(13)22-19(24)17-4-2-8-27-17;/h2,4,8-10,12,20H,1,3,5-7,11H2,(H,21,23)(H,22,24);1H. The minimum absolute atomic E-state index is 0. The molecule has 3 N–H and O–H groups in total. The lowest BCUT2D eigenvalue weighted by Crippen LogP contribution is -2.37. The Balaban J connectivity index is 0.00000225. The fraction of sp³-hybridized carbons (Fsp3) is 0.368. The summed E-state index contributed by atoms with van der Waals surface area (Å²) in [5.74, 6) is 0.738. The molecule has 150 valence electrons. The average Bonchev–Trinajstić information content (AvgIpc) is 3.24. The molecule has 7 nitrogen and oxygen atoms in total. The summed E-state index contributed by atoms with van der Waals surface area (Å²) < 4.78 is 11.2. The maximum atomic E-state index is 12.7. The molecule has 28 heavy (non-hydrogen) atoms. The van der Waals surface area contributed by atoms with Gasteiger partial charge in [0.25, 0.3) is 5.91 Å². The van der Waals surface area contributed by atoms with E-state index >= 15 is 0 Å². The molecule has 1 atom stereocenters. The van der Waals surface area contributed by atoms with Crippen molar-refractivity contribution in [3.05, 3.63) is 34.5 Å². The third kappa shape index (κ3) is 4.57. The second kappa shape index (κ2) is 9.27. The molecule has 0 saturated carbocycles. The first-order valence-corrected chi connectivity index (χ1v) is 9.89. The summed E-state index contributed by atoms with van der Waals surface area (Å²) in [6, 6.07) is 6.99. The van der Waals surface area contributed by atoms with Crippen LogP contribution in [0, 0.1) is 5.92 Å². The molecule has 0 bridgehead atoms. The van der Waals surface area contributed by atoms with Gasteiger partial charge in [-0.3, -0.25) is 9.59 Å². The molecule has 2 aliphatic rings. The van der Waals surface area contributed by atoms with E-state index in [1.165, 1.54) is 11.3 Å². The number of hydrogen-bond donors (Lipinski definition) is 3. The highest BCUT2D eigenvalue weighted by atomic mass is 35.5. The van der Waals surface area contributed by atoms with Crippen LogP contribution in [0.1, 0.15) is 22.5 Å². The SMILES string of the molecule is Cl.O=C(Nc1cc2c(cc1NC(=O)C1CCCNC1)OCCO2)c1cccs1. The zero-order valence-corrected chi connectivity index (χ0v) is 16.8. The van der Waals surface area contributed by atoms with E-state index in [1.54, 1.807) is 18.2 Å². The van der Waals surface area contributed by atoms with Gasteiger partial charge in [-0.05, 0) is 30.8 Å². The molecule has 1 saturated heterocycles. The highest BCUT2D eigenvalue weighted by Gasteiger charge is 2.24. The number of fused-ring (bicyclic) bond motifs is 1. The molecule has 0 radical (unpaired) electrons. The summed E-state index contributed by atoms with van der Waals surface area (Å²) in [6.07, 6.45) is 1.82. The second-order valence-electron chi connectivity index (χ2n) is 6.51. The van der Waals surface area contributed by atoms with Crippen LogP contribution in [0.5, 0.6) is 11.5 Å². The summed E-state index contributed by atoms with van der Waals surface area (Å²) in [5.41, 5.74) is 1.01. The number of hydrogen-bond acceptors (Lipinski definition) is 6. The van der Waals surface area contributed by atoms with E-state index in [4.69, 9.17) is 9.47 Å². The molecule has 4 rings (SSSR count). The number of amides is 2. The maximum Gasteiger partial charge on any atom is 0.265 e. The number of carbonyl (C=O) groups is 2. The predicted molar refractivity (Wildman–Crippen MR) is 111 cm³/mol. The lowest BCUT2D eigenvalue weighted by molar-refractivity contribution is -0.120. The third-order valence-electron chi connectivity index (χ3n) is 4.60. The van der Waals surface area contributed by atoms with E-state index in [0.717, 1.165) is 19.4 Å². The maximum absolute atomic E-state index is 12.7. The van der Waals surface area contributed by atoms with Gasteiger partial charge in [-0.2, -0.15) is 0 Å². The van der Waals surface area contributed by atoms with Crippen LogP contribution in [-0.4, -0.2) is 38.1 Å². The van der Waals surface area contributed by atoms with Crippen molar-refractivity contribution >= 4 is 46.9 Å². The van der Waals surface area contributed by atoms with Crippen LogP contribution in [0.2, 0.25) is 0 Å². The molecular weight excluding hydrogens is 402 g/mol. The predicted octanol–water partition coefficient (Wildman–Crippen LogP) is 3.13. The highest BCUT2D eigenvalue weighted by Crippen LogP contribution is 2.39. The van der Waals surface area contributed by atoms with Gasteiger partial charge in [-0.1, -0.05) is 6.07 Å². The van der Waals surface area contributed by atoms with Gasteiger partial charge in [0.2, 0.25) is 5.91 Å². The van der Waals surface area contributed by atoms with Gasteiger partial charge in [0.15, 0.2) is 11.5 Å². The van der Waals surface area contributed by atoms with Gasteiger partial charge in [0, 0.05) is 18.7 Å². The molecule has 2 aliphatic heterocycles. The lowest BCUT2D eigenvalue weighted by Gasteiger charge is -2.24. The van der Waals surface area contributed by atoms with Crippen molar-refractivity contribution < 1.29 is 19.1 Å². The Kier molecular flexibility index (Phi) is 6.77. The quantitative estimate of drug-likeness (QED) is 0.703. The van der Waals surface area contributed by atoms with E-state index < -0.39 is 0 Å². The highest BCUT2D eigenvalue weighted by molar-refractivity contribution is 7.12. The van der Waals surface area contributed by atoms with Crippen LogP contribution in [0.3, 0.4) is 0 Å². The van der Waals surface area contributed by atoms with Crippen LogP contribution in [0.15, 0.2) is 29.6 Å². The zero-order valence-electron chi connectivity index (χ0n) is 15.2. The largest absolute Gasteiger partial charge is 0.486 e. The summed E-state index contributed by atoms with van der Waals surface area (Å²) >= 11 is 1.36. The molecular formula is C19H22ClN3O4S. The minimum atomic E-state index is -0.225. The molecule has 1 unspecified atom stereocenters. The number of halogens is 1. The molecule has 3 heterocycles. The molecule has 1 aromatic carbocycles. The van der Waals surface area contributed by atoms with E-state index in [1.807, 2.05) is 11.4 Å². The minimum Gasteiger partial charge on any atom is -0.486 e. The molecule has 1 fully saturated rings. The van der Waals surface area contributed by atoms with Crippen molar-refractivity contribution in [3.8, 4) is 11.5 Å².